The summed E-state index contributed by atoms with van der Waals surface area (Å²) < 4.78 is 5.72. The summed E-state index contributed by atoms with van der Waals surface area (Å²) >= 11 is 0. The SMILES string of the molecule is CCC(C)(CNC(C)(C)C)CN1CC(C)OC(CO)C1. The molecule has 0 radical (unpaired) electrons. The van der Waals surface area contributed by atoms with Gasteiger partial charge in [-0.25, -0.2) is 0 Å². The highest BCUT2D eigenvalue weighted by Gasteiger charge is 2.31. The van der Waals surface area contributed by atoms with Crippen molar-refractivity contribution in [1.82, 2.24) is 10.2 Å². The molecule has 0 aliphatic carbocycles. The predicted octanol–water partition coefficient (Wildman–Crippen LogP) is 1.87. The summed E-state index contributed by atoms with van der Waals surface area (Å²) in [5.41, 5.74) is 0.409. The lowest BCUT2D eigenvalue weighted by Crippen LogP contribution is -2.53. The molecule has 1 saturated heterocycles. The number of aliphatic hydroxyl groups is 1. The second-order valence-electron chi connectivity index (χ2n) is 7.71. The van der Waals surface area contributed by atoms with Gasteiger partial charge < -0.3 is 15.2 Å². The Kier molecular flexibility index (Phi) is 6.45. The van der Waals surface area contributed by atoms with Crippen LogP contribution < -0.4 is 5.32 Å². The molecule has 20 heavy (non-hydrogen) atoms. The highest BCUT2D eigenvalue weighted by atomic mass is 16.5. The number of hydrogen-bond acceptors (Lipinski definition) is 4. The lowest BCUT2D eigenvalue weighted by Gasteiger charge is -2.42. The topological polar surface area (TPSA) is 44.7 Å². The van der Waals surface area contributed by atoms with Gasteiger partial charge in [-0.1, -0.05) is 13.8 Å². The fourth-order valence-electron chi connectivity index (χ4n) is 2.68. The van der Waals surface area contributed by atoms with Crippen LogP contribution in [-0.2, 0) is 4.74 Å². The van der Waals surface area contributed by atoms with Gasteiger partial charge in [0.25, 0.3) is 0 Å². The van der Waals surface area contributed by atoms with E-state index in [0.717, 1.165) is 32.6 Å². The van der Waals surface area contributed by atoms with Gasteiger partial charge >= 0.3 is 0 Å². The van der Waals surface area contributed by atoms with Crippen molar-refractivity contribution in [3.8, 4) is 0 Å². The Morgan fingerprint density at radius 3 is 2.40 bits per heavy atom. The second-order valence-corrected chi connectivity index (χ2v) is 7.71. The average Bonchev–Trinajstić information content (AvgIpc) is 2.35. The number of rotatable bonds is 6. The lowest BCUT2D eigenvalue weighted by molar-refractivity contribution is -0.102. The minimum atomic E-state index is -0.0320. The molecule has 1 aliphatic heterocycles. The molecule has 0 spiro atoms. The number of nitrogens with one attached hydrogen (secondary N) is 1. The zero-order valence-electron chi connectivity index (χ0n) is 14.2. The molecule has 0 saturated carbocycles. The van der Waals surface area contributed by atoms with Gasteiger partial charge in [0.15, 0.2) is 0 Å². The summed E-state index contributed by atoms with van der Waals surface area (Å²) in [6.45, 7) is 17.3. The first kappa shape index (κ1) is 17.9. The van der Waals surface area contributed by atoms with Gasteiger partial charge in [0, 0.05) is 31.7 Å². The maximum atomic E-state index is 9.33. The van der Waals surface area contributed by atoms with E-state index < -0.39 is 0 Å². The van der Waals surface area contributed by atoms with Crippen LogP contribution in [-0.4, -0.2) is 60.5 Å². The van der Waals surface area contributed by atoms with E-state index in [2.05, 4.69) is 51.8 Å². The summed E-state index contributed by atoms with van der Waals surface area (Å²) in [6.07, 6.45) is 1.32. The molecule has 120 valence electrons. The van der Waals surface area contributed by atoms with Crippen molar-refractivity contribution in [2.75, 3.05) is 32.8 Å². The van der Waals surface area contributed by atoms with Gasteiger partial charge in [0.2, 0.25) is 0 Å². The predicted molar refractivity (Wildman–Crippen MR) is 84.0 cm³/mol. The fourth-order valence-corrected chi connectivity index (χ4v) is 2.68. The average molecular weight is 286 g/mol. The minimum absolute atomic E-state index is 0.0320. The quantitative estimate of drug-likeness (QED) is 0.782. The molecule has 0 bridgehead atoms. The van der Waals surface area contributed by atoms with Crippen molar-refractivity contribution in [3.63, 3.8) is 0 Å². The summed E-state index contributed by atoms with van der Waals surface area (Å²) in [5.74, 6) is 0. The third-order valence-electron chi connectivity index (χ3n) is 4.11. The van der Waals surface area contributed by atoms with Crippen molar-refractivity contribution >= 4 is 0 Å². The minimum Gasteiger partial charge on any atom is -0.394 e. The number of aliphatic hydroxyl groups excluding tert-OH is 1. The van der Waals surface area contributed by atoms with E-state index in [-0.39, 0.29) is 29.8 Å². The van der Waals surface area contributed by atoms with Gasteiger partial charge in [0.05, 0.1) is 18.8 Å². The van der Waals surface area contributed by atoms with Crippen molar-refractivity contribution < 1.29 is 9.84 Å². The maximum Gasteiger partial charge on any atom is 0.0936 e. The summed E-state index contributed by atoms with van der Waals surface area (Å²) in [6, 6.07) is 0. The largest absolute Gasteiger partial charge is 0.394 e. The molecule has 0 amide bonds. The van der Waals surface area contributed by atoms with Crippen LogP contribution in [0.4, 0.5) is 0 Å². The van der Waals surface area contributed by atoms with E-state index in [0.29, 0.717) is 0 Å². The van der Waals surface area contributed by atoms with Gasteiger partial charge in [-0.15, -0.1) is 0 Å². The van der Waals surface area contributed by atoms with Gasteiger partial charge in [-0.2, -0.15) is 0 Å². The van der Waals surface area contributed by atoms with Crippen molar-refractivity contribution in [3.05, 3.63) is 0 Å². The molecular formula is C16H34N2O2. The summed E-state index contributed by atoms with van der Waals surface area (Å²) in [5, 5.41) is 13.0. The van der Waals surface area contributed by atoms with Gasteiger partial charge in [0.1, 0.15) is 0 Å². The molecule has 0 aromatic heterocycles. The van der Waals surface area contributed by atoms with Crippen LogP contribution in [0, 0.1) is 5.41 Å². The lowest BCUT2D eigenvalue weighted by atomic mass is 9.85. The first-order chi connectivity index (χ1) is 9.17. The third-order valence-corrected chi connectivity index (χ3v) is 4.11. The van der Waals surface area contributed by atoms with E-state index in [1.165, 1.54) is 0 Å². The Morgan fingerprint density at radius 2 is 1.90 bits per heavy atom. The maximum absolute atomic E-state index is 9.33. The van der Waals surface area contributed by atoms with Crippen LogP contribution in [0.15, 0.2) is 0 Å². The molecule has 1 heterocycles. The highest BCUT2D eigenvalue weighted by molar-refractivity contribution is 4.86. The first-order valence-electron chi connectivity index (χ1n) is 7.91. The number of morpholine rings is 1. The number of nitrogens with zero attached hydrogens (tertiary/aromatic N) is 1. The van der Waals surface area contributed by atoms with E-state index in [9.17, 15) is 5.11 Å². The summed E-state index contributed by atoms with van der Waals surface area (Å²) in [4.78, 5) is 2.45. The molecule has 1 aliphatic rings. The third kappa shape index (κ3) is 6.08. The first-order valence-corrected chi connectivity index (χ1v) is 7.91. The normalized spacial score (nSPS) is 28.4. The summed E-state index contributed by atoms with van der Waals surface area (Å²) in [7, 11) is 0. The molecule has 0 aromatic carbocycles. The number of ether oxygens (including phenoxy) is 1. The molecule has 1 rings (SSSR count). The Morgan fingerprint density at radius 1 is 1.25 bits per heavy atom. The monoisotopic (exact) mass is 286 g/mol. The van der Waals surface area contributed by atoms with Crippen molar-refractivity contribution in [1.29, 1.82) is 0 Å². The Balaban J connectivity index is 2.57. The fraction of sp³-hybridized carbons (Fsp3) is 1.00. The molecule has 3 unspecified atom stereocenters. The van der Waals surface area contributed by atoms with Gasteiger partial charge in [-0.3, -0.25) is 4.90 Å². The Hall–Kier alpha value is -0.160. The van der Waals surface area contributed by atoms with Crippen LogP contribution in [0.2, 0.25) is 0 Å². The molecule has 1 fully saturated rings. The van der Waals surface area contributed by atoms with Gasteiger partial charge in [-0.05, 0) is 39.5 Å². The van der Waals surface area contributed by atoms with Crippen LogP contribution in [0.5, 0.6) is 0 Å². The molecule has 4 nitrogen and oxygen atoms in total. The van der Waals surface area contributed by atoms with Crippen LogP contribution in [0.25, 0.3) is 0 Å². The van der Waals surface area contributed by atoms with E-state index in [1.54, 1.807) is 0 Å². The van der Waals surface area contributed by atoms with Crippen LogP contribution in [0.1, 0.15) is 48.0 Å². The van der Waals surface area contributed by atoms with Crippen LogP contribution >= 0.6 is 0 Å². The van der Waals surface area contributed by atoms with E-state index in [1.807, 2.05) is 0 Å². The Labute approximate surface area is 124 Å². The number of hydrogen-bond donors (Lipinski definition) is 2. The molecule has 3 atom stereocenters. The molecule has 2 N–H and O–H groups in total. The molecule has 4 heteroatoms. The van der Waals surface area contributed by atoms with E-state index in [4.69, 9.17) is 4.74 Å². The van der Waals surface area contributed by atoms with Crippen molar-refractivity contribution in [2.24, 2.45) is 5.41 Å². The Bertz CT molecular complexity index is 291. The molecule has 0 aromatic rings. The zero-order chi connectivity index (χ0) is 15.4. The smallest absolute Gasteiger partial charge is 0.0936 e. The van der Waals surface area contributed by atoms with Crippen molar-refractivity contribution in [2.45, 2.75) is 65.7 Å². The standard InChI is InChI=1S/C16H34N2O2/c1-7-16(6,11-17-15(3,4)5)12-18-8-13(2)20-14(9-18)10-19/h13-14,17,19H,7-12H2,1-6H3. The molecular weight excluding hydrogens is 252 g/mol. The highest BCUT2D eigenvalue weighted by Crippen LogP contribution is 2.24. The second kappa shape index (κ2) is 7.21. The zero-order valence-corrected chi connectivity index (χ0v) is 14.2. The van der Waals surface area contributed by atoms with Crippen LogP contribution in [0.3, 0.4) is 0 Å². The van der Waals surface area contributed by atoms with E-state index >= 15 is 0 Å².